The molecule has 5 nitrogen and oxygen atoms in total. The Labute approximate surface area is 143 Å². The summed E-state index contributed by atoms with van der Waals surface area (Å²) < 4.78 is 5.62. The second-order valence-corrected chi connectivity index (χ2v) is 6.50. The number of guanidine groups is 1. The first kappa shape index (κ1) is 16.6. The van der Waals surface area contributed by atoms with E-state index in [2.05, 4.69) is 47.3 Å². The third kappa shape index (κ3) is 4.17. The number of aliphatic imine (C=N–C) groups is 1. The molecule has 1 aromatic carbocycles. The number of benzene rings is 1. The molecule has 0 amide bonds. The molecule has 1 saturated heterocycles. The molecule has 1 aliphatic rings. The first-order chi connectivity index (χ1) is 11.6. The maximum absolute atomic E-state index is 6.10. The summed E-state index contributed by atoms with van der Waals surface area (Å²) in [5, 5.41) is 3.19. The second-order valence-electron chi connectivity index (χ2n) is 6.50. The first-order valence-corrected chi connectivity index (χ1v) is 8.54. The molecule has 2 heterocycles. The number of rotatable bonds is 5. The summed E-state index contributed by atoms with van der Waals surface area (Å²) in [4.78, 5) is 6.98. The number of nitrogens with one attached hydrogen (secondary N) is 1. The summed E-state index contributed by atoms with van der Waals surface area (Å²) >= 11 is 0. The van der Waals surface area contributed by atoms with Gasteiger partial charge in [-0.15, -0.1) is 0 Å². The Morgan fingerprint density at radius 3 is 2.58 bits per heavy atom. The average Bonchev–Trinajstić information content (AvgIpc) is 3.19. The molecular weight excluding hydrogens is 300 g/mol. The second kappa shape index (κ2) is 7.53. The van der Waals surface area contributed by atoms with Crippen LogP contribution in [0, 0.1) is 13.8 Å². The van der Waals surface area contributed by atoms with Gasteiger partial charge in [0.15, 0.2) is 5.96 Å². The van der Waals surface area contributed by atoms with Gasteiger partial charge in [0.05, 0.1) is 18.8 Å². The van der Waals surface area contributed by atoms with Gasteiger partial charge in [0.25, 0.3) is 0 Å². The van der Waals surface area contributed by atoms with Crippen LogP contribution in [-0.2, 0) is 0 Å². The lowest BCUT2D eigenvalue weighted by atomic mass is 10.1. The van der Waals surface area contributed by atoms with E-state index >= 15 is 0 Å². The van der Waals surface area contributed by atoms with E-state index in [0.717, 1.165) is 24.5 Å². The Balaban J connectivity index is 1.69. The molecule has 3 rings (SSSR count). The number of aryl methyl sites for hydroxylation is 2. The van der Waals surface area contributed by atoms with Gasteiger partial charge in [-0.25, -0.2) is 0 Å². The highest BCUT2D eigenvalue weighted by atomic mass is 16.3. The fourth-order valence-electron chi connectivity index (χ4n) is 3.34. The van der Waals surface area contributed by atoms with Crippen molar-refractivity contribution < 1.29 is 4.42 Å². The number of anilines is 1. The molecule has 1 atom stereocenters. The average molecular weight is 326 g/mol. The first-order valence-electron chi connectivity index (χ1n) is 8.54. The summed E-state index contributed by atoms with van der Waals surface area (Å²) in [6.45, 7) is 6.92. The van der Waals surface area contributed by atoms with E-state index in [1.807, 2.05) is 12.1 Å². The summed E-state index contributed by atoms with van der Waals surface area (Å²) in [6, 6.07) is 10.4. The lowest BCUT2D eigenvalue weighted by Gasteiger charge is -2.24. The van der Waals surface area contributed by atoms with Gasteiger partial charge in [-0.1, -0.05) is 6.07 Å². The molecule has 5 heteroatoms. The Morgan fingerprint density at radius 1 is 1.25 bits per heavy atom. The monoisotopic (exact) mass is 326 g/mol. The minimum atomic E-state index is 0.155. The molecule has 0 radical (unpaired) electrons. The van der Waals surface area contributed by atoms with Crippen LogP contribution < -0.4 is 11.1 Å². The Bertz CT molecular complexity index is 667. The molecule has 0 aliphatic carbocycles. The van der Waals surface area contributed by atoms with Crippen molar-refractivity contribution in [1.82, 2.24) is 4.90 Å². The minimum Gasteiger partial charge on any atom is -0.468 e. The third-order valence-electron chi connectivity index (χ3n) is 4.38. The topological polar surface area (TPSA) is 66.8 Å². The molecule has 128 valence electrons. The molecule has 1 aliphatic heterocycles. The van der Waals surface area contributed by atoms with Gasteiger partial charge in [-0.05, 0) is 75.2 Å². The van der Waals surface area contributed by atoms with E-state index in [1.165, 1.54) is 24.0 Å². The van der Waals surface area contributed by atoms with Crippen LogP contribution in [0.25, 0.3) is 0 Å². The highest BCUT2D eigenvalue weighted by molar-refractivity contribution is 5.92. The number of hydrogen-bond acceptors (Lipinski definition) is 3. The molecule has 2 aromatic rings. The fourth-order valence-corrected chi connectivity index (χ4v) is 3.34. The summed E-state index contributed by atoms with van der Waals surface area (Å²) in [5.41, 5.74) is 9.48. The summed E-state index contributed by atoms with van der Waals surface area (Å²) in [5.74, 6) is 1.40. The molecule has 1 unspecified atom stereocenters. The van der Waals surface area contributed by atoms with E-state index < -0.39 is 0 Å². The standard InChI is InChI=1S/C19H26N4O/c1-14-10-15(2)12-16(11-14)22-19(20)21-13-17(18-6-5-9-24-18)23-7-3-4-8-23/h5-6,9-12,17H,3-4,7-8,13H2,1-2H3,(H3,20,21,22). The van der Waals surface area contributed by atoms with Gasteiger partial charge >= 0.3 is 0 Å². The normalized spacial score (nSPS) is 17.2. The zero-order valence-corrected chi connectivity index (χ0v) is 14.5. The number of furan rings is 1. The van der Waals surface area contributed by atoms with Crippen molar-refractivity contribution in [3.63, 3.8) is 0 Å². The van der Waals surface area contributed by atoms with Gasteiger partial charge in [0.1, 0.15) is 5.76 Å². The van der Waals surface area contributed by atoms with Crippen molar-refractivity contribution in [2.75, 3.05) is 25.0 Å². The number of hydrogen-bond donors (Lipinski definition) is 2. The number of nitrogens with zero attached hydrogens (tertiary/aromatic N) is 2. The largest absolute Gasteiger partial charge is 0.468 e. The van der Waals surface area contributed by atoms with Crippen LogP contribution >= 0.6 is 0 Å². The quantitative estimate of drug-likeness (QED) is 0.652. The van der Waals surface area contributed by atoms with E-state index in [4.69, 9.17) is 10.2 Å². The number of likely N-dealkylation sites (tertiary alicyclic amines) is 1. The van der Waals surface area contributed by atoms with Crippen molar-refractivity contribution in [2.24, 2.45) is 10.7 Å². The molecule has 0 saturated carbocycles. The van der Waals surface area contributed by atoms with Gasteiger partial charge < -0.3 is 15.5 Å². The maximum atomic E-state index is 6.10. The van der Waals surface area contributed by atoms with E-state index in [9.17, 15) is 0 Å². The van der Waals surface area contributed by atoms with Crippen molar-refractivity contribution in [3.05, 3.63) is 53.5 Å². The van der Waals surface area contributed by atoms with Crippen LogP contribution in [0.15, 0.2) is 46.0 Å². The van der Waals surface area contributed by atoms with Crippen molar-refractivity contribution in [2.45, 2.75) is 32.7 Å². The predicted molar refractivity (Wildman–Crippen MR) is 98.3 cm³/mol. The van der Waals surface area contributed by atoms with Crippen LogP contribution in [0.3, 0.4) is 0 Å². The smallest absolute Gasteiger partial charge is 0.193 e. The van der Waals surface area contributed by atoms with Crippen LogP contribution in [0.1, 0.15) is 35.8 Å². The van der Waals surface area contributed by atoms with Crippen molar-refractivity contribution in [1.29, 1.82) is 0 Å². The summed E-state index contributed by atoms with van der Waals surface area (Å²) in [7, 11) is 0. The van der Waals surface area contributed by atoms with E-state index in [0.29, 0.717) is 12.5 Å². The zero-order chi connectivity index (χ0) is 16.9. The van der Waals surface area contributed by atoms with Gasteiger partial charge in [0.2, 0.25) is 0 Å². The minimum absolute atomic E-state index is 0.155. The third-order valence-corrected chi connectivity index (χ3v) is 4.38. The Kier molecular flexibility index (Phi) is 5.20. The molecule has 24 heavy (non-hydrogen) atoms. The molecule has 3 N–H and O–H groups in total. The SMILES string of the molecule is Cc1cc(C)cc(NC(N)=NCC(c2ccco2)N2CCCC2)c1. The Hall–Kier alpha value is -2.27. The highest BCUT2D eigenvalue weighted by Gasteiger charge is 2.25. The Morgan fingerprint density at radius 2 is 1.96 bits per heavy atom. The molecule has 0 spiro atoms. The maximum Gasteiger partial charge on any atom is 0.193 e. The fraction of sp³-hybridized carbons (Fsp3) is 0.421. The molecule has 0 bridgehead atoms. The van der Waals surface area contributed by atoms with Gasteiger partial charge in [-0.3, -0.25) is 9.89 Å². The highest BCUT2D eigenvalue weighted by Crippen LogP contribution is 2.25. The van der Waals surface area contributed by atoms with E-state index in [1.54, 1.807) is 6.26 Å². The van der Waals surface area contributed by atoms with Crippen LogP contribution in [0.2, 0.25) is 0 Å². The number of nitrogens with two attached hydrogens (primary N) is 1. The van der Waals surface area contributed by atoms with Gasteiger partial charge in [0, 0.05) is 5.69 Å². The van der Waals surface area contributed by atoms with E-state index in [-0.39, 0.29) is 6.04 Å². The lowest BCUT2D eigenvalue weighted by molar-refractivity contribution is 0.221. The molecular formula is C19H26N4O. The molecule has 1 fully saturated rings. The van der Waals surface area contributed by atoms with Crippen LogP contribution in [0.4, 0.5) is 5.69 Å². The van der Waals surface area contributed by atoms with Crippen LogP contribution in [0.5, 0.6) is 0 Å². The zero-order valence-electron chi connectivity index (χ0n) is 14.5. The summed E-state index contributed by atoms with van der Waals surface area (Å²) in [6.07, 6.45) is 4.19. The van der Waals surface area contributed by atoms with Gasteiger partial charge in [-0.2, -0.15) is 0 Å². The van der Waals surface area contributed by atoms with Crippen LogP contribution in [-0.4, -0.2) is 30.5 Å². The predicted octanol–water partition coefficient (Wildman–Crippen LogP) is 3.46. The lowest BCUT2D eigenvalue weighted by Crippen LogP contribution is -2.30. The van der Waals surface area contributed by atoms with Crippen molar-refractivity contribution in [3.8, 4) is 0 Å². The molecule has 1 aromatic heterocycles. The van der Waals surface area contributed by atoms with Crippen molar-refractivity contribution >= 4 is 11.6 Å².